The van der Waals surface area contributed by atoms with E-state index in [4.69, 9.17) is 19.7 Å². The number of fused-ring (bicyclic) bond motifs is 1. The Morgan fingerprint density at radius 1 is 1.50 bits per heavy atom. The van der Waals surface area contributed by atoms with Gasteiger partial charge >= 0.3 is 6.16 Å². The molecule has 66 valence electrons. The first-order chi connectivity index (χ1) is 5.58. The van der Waals surface area contributed by atoms with Gasteiger partial charge in [-0.15, -0.1) is 0 Å². The van der Waals surface area contributed by atoms with Gasteiger partial charge in [0, 0.05) is 5.92 Å². The molecule has 2 rings (SSSR count). The molecular formula is C8H10O4. The predicted octanol–water partition coefficient (Wildman–Crippen LogP) is 0.0875. The van der Waals surface area contributed by atoms with E-state index in [0.717, 1.165) is 0 Å². The van der Waals surface area contributed by atoms with Gasteiger partial charge in [0.05, 0.1) is 0 Å². The molecule has 1 heterocycles. The van der Waals surface area contributed by atoms with Gasteiger partial charge in [0.15, 0.2) is 0 Å². The minimum Gasteiger partial charge on any atom is -0.418 e. The molecule has 0 radical (unpaired) electrons. The van der Waals surface area contributed by atoms with Crippen LogP contribution in [0.15, 0.2) is 24.0 Å². The first-order valence-corrected chi connectivity index (χ1v) is 3.78. The molecule has 0 saturated carbocycles. The van der Waals surface area contributed by atoms with Crippen molar-refractivity contribution in [3.63, 3.8) is 0 Å². The van der Waals surface area contributed by atoms with E-state index >= 15 is 0 Å². The van der Waals surface area contributed by atoms with E-state index < -0.39 is 6.16 Å². The molecule has 0 bridgehead atoms. The van der Waals surface area contributed by atoms with E-state index in [2.05, 4.69) is 0 Å². The van der Waals surface area contributed by atoms with Crippen LogP contribution in [-0.4, -0.2) is 22.5 Å². The summed E-state index contributed by atoms with van der Waals surface area (Å²) in [6, 6.07) is 0. The highest BCUT2D eigenvalue weighted by atomic mass is 17.0. The highest BCUT2D eigenvalue weighted by molar-refractivity contribution is 5.21. The SMILES string of the molecule is CC1C=CC=C2OC(O)(O)OC21. The van der Waals surface area contributed by atoms with Crippen LogP contribution in [-0.2, 0) is 9.47 Å². The molecule has 1 saturated heterocycles. The van der Waals surface area contributed by atoms with Crippen LogP contribution in [0, 0.1) is 5.92 Å². The Bertz CT molecular complexity index is 254. The molecule has 2 atom stereocenters. The van der Waals surface area contributed by atoms with Gasteiger partial charge in [-0.3, -0.25) is 4.74 Å². The molecule has 1 aliphatic heterocycles. The normalized spacial score (nSPS) is 37.1. The second-order valence-electron chi connectivity index (χ2n) is 3.00. The van der Waals surface area contributed by atoms with Gasteiger partial charge in [-0.25, -0.2) is 0 Å². The maximum absolute atomic E-state index is 8.99. The largest absolute Gasteiger partial charge is 0.456 e. The Balaban J connectivity index is 2.25. The second-order valence-corrected chi connectivity index (χ2v) is 3.00. The fraction of sp³-hybridized carbons (Fsp3) is 0.500. The number of ether oxygens (including phenoxy) is 2. The van der Waals surface area contributed by atoms with E-state index in [0.29, 0.717) is 5.76 Å². The van der Waals surface area contributed by atoms with Crippen LogP contribution in [0.3, 0.4) is 0 Å². The lowest BCUT2D eigenvalue weighted by molar-refractivity contribution is -0.431. The van der Waals surface area contributed by atoms with Gasteiger partial charge < -0.3 is 14.9 Å². The molecule has 1 fully saturated rings. The zero-order chi connectivity index (χ0) is 8.77. The van der Waals surface area contributed by atoms with E-state index in [1.54, 1.807) is 12.2 Å². The second kappa shape index (κ2) is 2.32. The Morgan fingerprint density at radius 3 is 2.92 bits per heavy atom. The van der Waals surface area contributed by atoms with Crippen LogP contribution in [0.25, 0.3) is 0 Å². The Morgan fingerprint density at radius 2 is 2.25 bits per heavy atom. The molecular weight excluding hydrogens is 160 g/mol. The zero-order valence-electron chi connectivity index (χ0n) is 6.60. The molecule has 12 heavy (non-hydrogen) atoms. The van der Waals surface area contributed by atoms with Crippen molar-refractivity contribution in [2.45, 2.75) is 19.2 Å². The standard InChI is InChI=1S/C8H10O4/c1-5-3-2-4-6-7(5)12-8(9,10)11-6/h2-5,7,9-10H,1H3. The summed E-state index contributed by atoms with van der Waals surface area (Å²) in [6.07, 6.45) is 2.57. The number of hydrogen-bond donors (Lipinski definition) is 2. The third-order valence-electron chi connectivity index (χ3n) is 1.96. The predicted molar refractivity (Wildman–Crippen MR) is 39.5 cm³/mol. The van der Waals surface area contributed by atoms with Gasteiger partial charge in [0.2, 0.25) is 0 Å². The van der Waals surface area contributed by atoms with E-state index in [-0.39, 0.29) is 12.0 Å². The van der Waals surface area contributed by atoms with Crippen LogP contribution in [0.5, 0.6) is 0 Å². The maximum Gasteiger partial charge on any atom is 0.456 e. The number of aliphatic hydroxyl groups is 2. The number of rotatable bonds is 0. The average Bonchev–Trinajstić information content (AvgIpc) is 2.25. The maximum atomic E-state index is 8.99. The van der Waals surface area contributed by atoms with Crippen molar-refractivity contribution >= 4 is 0 Å². The minimum absolute atomic E-state index is 0.103. The molecule has 0 spiro atoms. The molecule has 4 heteroatoms. The fourth-order valence-corrected chi connectivity index (χ4v) is 1.38. The topological polar surface area (TPSA) is 58.9 Å². The van der Waals surface area contributed by atoms with Gasteiger partial charge in [0.25, 0.3) is 0 Å². The molecule has 4 nitrogen and oxygen atoms in total. The summed E-state index contributed by atoms with van der Waals surface area (Å²) >= 11 is 0. The van der Waals surface area contributed by atoms with Crippen molar-refractivity contribution in [3.8, 4) is 0 Å². The summed E-state index contributed by atoms with van der Waals surface area (Å²) in [7, 11) is 0. The first-order valence-electron chi connectivity index (χ1n) is 3.78. The summed E-state index contributed by atoms with van der Waals surface area (Å²) in [5.74, 6) is 0.571. The lowest BCUT2D eigenvalue weighted by atomic mass is 9.99. The van der Waals surface area contributed by atoms with Crippen LogP contribution in [0.2, 0.25) is 0 Å². The monoisotopic (exact) mass is 170 g/mol. The molecule has 0 aromatic carbocycles. The van der Waals surface area contributed by atoms with Crippen LogP contribution < -0.4 is 0 Å². The zero-order valence-corrected chi connectivity index (χ0v) is 6.60. The fourth-order valence-electron chi connectivity index (χ4n) is 1.38. The molecule has 2 aliphatic rings. The smallest absolute Gasteiger partial charge is 0.418 e. The van der Waals surface area contributed by atoms with Gasteiger partial charge in [-0.2, -0.15) is 0 Å². The van der Waals surface area contributed by atoms with Crippen LogP contribution >= 0.6 is 0 Å². The van der Waals surface area contributed by atoms with Crippen molar-refractivity contribution in [2.75, 3.05) is 0 Å². The van der Waals surface area contributed by atoms with Crippen molar-refractivity contribution < 1.29 is 19.7 Å². The average molecular weight is 170 g/mol. The molecule has 0 aromatic heterocycles. The van der Waals surface area contributed by atoms with Crippen molar-refractivity contribution in [1.29, 1.82) is 0 Å². The minimum atomic E-state index is -2.45. The Kier molecular flexibility index (Phi) is 1.51. The third kappa shape index (κ3) is 1.14. The van der Waals surface area contributed by atoms with Gasteiger partial charge in [0.1, 0.15) is 11.9 Å². The number of allylic oxidation sites excluding steroid dienone is 2. The highest BCUT2D eigenvalue weighted by Crippen LogP contribution is 2.34. The summed E-state index contributed by atoms with van der Waals surface area (Å²) in [4.78, 5) is 0. The van der Waals surface area contributed by atoms with E-state index in [1.807, 2.05) is 13.0 Å². The highest BCUT2D eigenvalue weighted by Gasteiger charge is 2.45. The lowest BCUT2D eigenvalue weighted by Crippen LogP contribution is -2.30. The Labute approximate surface area is 69.7 Å². The lowest BCUT2D eigenvalue weighted by Gasteiger charge is -2.16. The van der Waals surface area contributed by atoms with Crippen LogP contribution in [0.1, 0.15) is 6.92 Å². The van der Waals surface area contributed by atoms with Crippen molar-refractivity contribution in [2.24, 2.45) is 5.92 Å². The molecule has 2 N–H and O–H groups in total. The molecule has 0 aromatic rings. The van der Waals surface area contributed by atoms with Gasteiger partial charge in [-0.05, 0) is 6.08 Å². The molecule has 1 aliphatic carbocycles. The Hall–Kier alpha value is -0.840. The van der Waals surface area contributed by atoms with E-state index in [1.165, 1.54) is 0 Å². The number of hydrogen-bond acceptors (Lipinski definition) is 4. The van der Waals surface area contributed by atoms with E-state index in [9.17, 15) is 0 Å². The molecule has 2 unspecified atom stereocenters. The van der Waals surface area contributed by atoms with Crippen molar-refractivity contribution in [3.05, 3.63) is 24.0 Å². The third-order valence-corrected chi connectivity index (χ3v) is 1.96. The summed E-state index contributed by atoms with van der Waals surface area (Å²) in [5, 5.41) is 18.0. The molecule has 0 amide bonds. The summed E-state index contributed by atoms with van der Waals surface area (Å²) in [6.45, 7) is 1.92. The quantitative estimate of drug-likeness (QED) is 0.506. The first kappa shape index (κ1) is 7.79. The van der Waals surface area contributed by atoms with Crippen molar-refractivity contribution in [1.82, 2.24) is 0 Å². The summed E-state index contributed by atoms with van der Waals surface area (Å²) < 4.78 is 9.56. The van der Waals surface area contributed by atoms with Gasteiger partial charge in [-0.1, -0.05) is 19.1 Å². The summed E-state index contributed by atoms with van der Waals surface area (Å²) in [5.41, 5.74) is 0. The van der Waals surface area contributed by atoms with Crippen LogP contribution in [0.4, 0.5) is 0 Å².